The van der Waals surface area contributed by atoms with Crippen LogP contribution in [0.1, 0.15) is 54.8 Å². The van der Waals surface area contributed by atoms with Crippen LogP contribution in [0.25, 0.3) is 0 Å². The Balaban J connectivity index is 1.64. The molecule has 0 saturated heterocycles. The molecule has 2 unspecified atom stereocenters. The summed E-state index contributed by atoms with van der Waals surface area (Å²) >= 11 is 0. The molecule has 8 heteroatoms. The third-order valence-corrected chi connectivity index (χ3v) is 7.99. The van der Waals surface area contributed by atoms with Crippen molar-refractivity contribution in [3.63, 3.8) is 0 Å². The van der Waals surface area contributed by atoms with Crippen LogP contribution in [0.15, 0.2) is 35.6 Å². The average molecular weight is 459 g/mol. The lowest BCUT2D eigenvalue weighted by Gasteiger charge is -2.50. The number of aryl methyl sites for hydroxylation is 1. The van der Waals surface area contributed by atoms with Crippen LogP contribution in [0.3, 0.4) is 0 Å². The third kappa shape index (κ3) is 3.07. The molecule has 2 spiro atoms. The van der Waals surface area contributed by atoms with Crippen LogP contribution in [-0.4, -0.2) is 39.9 Å². The number of carbonyl (C=O) groups is 1. The van der Waals surface area contributed by atoms with Crippen LogP contribution < -0.4 is 5.73 Å². The number of amides is 1. The molecule has 1 saturated carbocycles. The molecule has 2 heterocycles. The van der Waals surface area contributed by atoms with Crippen molar-refractivity contribution in [3.05, 3.63) is 58.7 Å². The van der Waals surface area contributed by atoms with E-state index in [2.05, 4.69) is 29.9 Å². The fourth-order valence-electron chi connectivity index (χ4n) is 6.82. The maximum absolute atomic E-state index is 14.4. The Morgan fingerprint density at radius 1 is 1.24 bits per heavy atom. The van der Waals surface area contributed by atoms with Crippen molar-refractivity contribution in [2.75, 3.05) is 7.11 Å². The number of nitrogens with zero attached hydrogens (tertiary/aromatic N) is 5. The fraction of sp³-hybridized carbons (Fsp3) is 0.500. The summed E-state index contributed by atoms with van der Waals surface area (Å²) in [5.41, 5.74) is 8.18. The van der Waals surface area contributed by atoms with E-state index in [4.69, 9.17) is 15.5 Å². The van der Waals surface area contributed by atoms with E-state index in [1.807, 2.05) is 25.1 Å². The molecule has 5 atom stereocenters. The van der Waals surface area contributed by atoms with Crippen LogP contribution in [0.4, 0.5) is 0 Å². The molecular weight excluding hydrogens is 428 g/mol. The Morgan fingerprint density at radius 3 is 2.53 bits per heavy atom. The maximum Gasteiger partial charge on any atom is 0.262 e. The highest BCUT2D eigenvalue weighted by Crippen LogP contribution is 2.63. The van der Waals surface area contributed by atoms with Gasteiger partial charge in [-0.15, -0.1) is 0 Å². The van der Waals surface area contributed by atoms with Gasteiger partial charge in [0.2, 0.25) is 0 Å². The van der Waals surface area contributed by atoms with Gasteiger partial charge in [0.1, 0.15) is 5.82 Å². The highest BCUT2D eigenvalue weighted by Gasteiger charge is 2.68. The molecule has 2 aliphatic carbocycles. The molecule has 1 aliphatic heterocycles. The van der Waals surface area contributed by atoms with E-state index in [1.165, 1.54) is 4.90 Å². The molecule has 2 N–H and O–H groups in total. The van der Waals surface area contributed by atoms with Crippen molar-refractivity contribution in [3.8, 4) is 6.07 Å². The summed E-state index contributed by atoms with van der Waals surface area (Å²) in [5.74, 6) is 1.02. The summed E-state index contributed by atoms with van der Waals surface area (Å²) in [4.78, 5) is 29.6. The highest BCUT2D eigenvalue weighted by molar-refractivity contribution is 6.08. The zero-order valence-electron chi connectivity index (χ0n) is 20.1. The van der Waals surface area contributed by atoms with Gasteiger partial charge in [-0.2, -0.15) is 5.26 Å². The molecule has 5 rings (SSSR count). The van der Waals surface area contributed by atoms with Gasteiger partial charge in [0, 0.05) is 24.9 Å². The first-order chi connectivity index (χ1) is 16.2. The number of hydrogen-bond donors (Lipinski definition) is 1. The second-order valence-electron chi connectivity index (χ2n) is 10.3. The van der Waals surface area contributed by atoms with E-state index in [1.54, 1.807) is 19.5 Å². The Labute approximate surface area is 199 Å². The number of carbonyl (C=O) groups excluding carboxylic acids is 1. The number of hydrogen-bond acceptors (Lipinski definition) is 7. The SMILES string of the molecule is COC1[C@H](C)CC2(Cc3ccc(C#N)cc3[C@]23N=C(N)N(Cc2ncc(C)cn2)C3=O)C[C@@H]1C. The number of aliphatic imine (C=N–C) groups is 1. The van der Waals surface area contributed by atoms with E-state index in [9.17, 15) is 10.1 Å². The van der Waals surface area contributed by atoms with Gasteiger partial charge in [-0.3, -0.25) is 9.69 Å². The maximum atomic E-state index is 14.4. The first-order valence-electron chi connectivity index (χ1n) is 11.8. The predicted molar refractivity (Wildman–Crippen MR) is 126 cm³/mol. The van der Waals surface area contributed by atoms with Gasteiger partial charge >= 0.3 is 0 Å². The number of nitrogens with two attached hydrogens (primary N) is 1. The largest absolute Gasteiger partial charge is 0.381 e. The summed E-state index contributed by atoms with van der Waals surface area (Å²) in [6.45, 7) is 6.45. The van der Waals surface area contributed by atoms with Crippen molar-refractivity contribution in [2.24, 2.45) is 28.0 Å². The van der Waals surface area contributed by atoms with Gasteiger partial charge in [-0.25, -0.2) is 15.0 Å². The first kappa shape index (κ1) is 22.5. The molecule has 1 aromatic carbocycles. The van der Waals surface area contributed by atoms with Crippen molar-refractivity contribution >= 4 is 11.9 Å². The van der Waals surface area contributed by atoms with E-state index < -0.39 is 11.0 Å². The number of guanidine groups is 1. The van der Waals surface area contributed by atoms with Crippen molar-refractivity contribution in [1.29, 1.82) is 5.26 Å². The second-order valence-corrected chi connectivity index (χ2v) is 10.3. The predicted octanol–water partition coefficient (Wildman–Crippen LogP) is 2.83. The molecule has 34 heavy (non-hydrogen) atoms. The minimum Gasteiger partial charge on any atom is -0.381 e. The lowest BCUT2D eigenvalue weighted by molar-refractivity contribution is -0.142. The van der Waals surface area contributed by atoms with Gasteiger partial charge < -0.3 is 10.5 Å². The van der Waals surface area contributed by atoms with Crippen LogP contribution >= 0.6 is 0 Å². The molecule has 176 valence electrons. The van der Waals surface area contributed by atoms with Gasteiger partial charge in [-0.1, -0.05) is 19.9 Å². The number of rotatable bonds is 3. The monoisotopic (exact) mass is 458 g/mol. The molecule has 1 amide bonds. The summed E-state index contributed by atoms with van der Waals surface area (Å²) in [6, 6.07) is 7.86. The molecule has 1 fully saturated rings. The quantitative estimate of drug-likeness (QED) is 0.756. The smallest absolute Gasteiger partial charge is 0.262 e. The Bertz CT molecular complexity index is 1200. The number of nitriles is 1. The van der Waals surface area contributed by atoms with E-state index in [0.29, 0.717) is 11.4 Å². The molecule has 0 bridgehead atoms. The van der Waals surface area contributed by atoms with Gasteiger partial charge in [-0.05, 0) is 66.8 Å². The number of fused-ring (bicyclic) bond motifs is 3. The summed E-state index contributed by atoms with van der Waals surface area (Å²) < 4.78 is 5.83. The standard InChI is InChI=1S/C26H30N6O2/c1-15-12-29-21(30-13-15)14-32-23(33)26(31-24(32)28)20-7-18(11-27)5-6-19(20)10-25(26)8-16(2)22(34-4)17(3)9-25/h5-7,12-13,16-17,22H,8-10,14H2,1-4H3,(H2,28,31)/t16-,17+,22?,25?,26-/m1/s1. The Morgan fingerprint density at radius 2 is 1.91 bits per heavy atom. The summed E-state index contributed by atoms with van der Waals surface area (Å²) in [6.07, 6.45) is 5.86. The van der Waals surface area contributed by atoms with Crippen LogP contribution in [0.2, 0.25) is 0 Å². The third-order valence-electron chi connectivity index (χ3n) is 7.99. The zero-order chi connectivity index (χ0) is 24.3. The van der Waals surface area contributed by atoms with Crippen molar-refractivity contribution in [1.82, 2.24) is 14.9 Å². The minimum atomic E-state index is -1.16. The molecule has 1 aromatic heterocycles. The van der Waals surface area contributed by atoms with Crippen LogP contribution in [0.5, 0.6) is 0 Å². The Kier molecular flexibility index (Phi) is 5.21. The van der Waals surface area contributed by atoms with E-state index in [-0.39, 0.29) is 36.4 Å². The summed E-state index contributed by atoms with van der Waals surface area (Å²) in [5, 5.41) is 9.60. The molecular formula is C26H30N6O2. The molecule has 0 radical (unpaired) electrons. The number of benzene rings is 1. The number of aromatic nitrogens is 2. The fourth-order valence-corrected chi connectivity index (χ4v) is 6.82. The van der Waals surface area contributed by atoms with E-state index >= 15 is 0 Å². The normalized spacial score (nSPS) is 32.2. The van der Waals surface area contributed by atoms with Crippen molar-refractivity contribution in [2.45, 2.75) is 58.2 Å². The van der Waals surface area contributed by atoms with Gasteiger partial charge in [0.15, 0.2) is 11.5 Å². The molecule has 2 aromatic rings. The average Bonchev–Trinajstić information content (AvgIpc) is 3.21. The van der Waals surface area contributed by atoms with Crippen molar-refractivity contribution < 1.29 is 9.53 Å². The topological polar surface area (TPSA) is 117 Å². The van der Waals surface area contributed by atoms with Gasteiger partial charge in [0.05, 0.1) is 24.3 Å². The lowest BCUT2D eigenvalue weighted by Crippen LogP contribution is -2.55. The van der Waals surface area contributed by atoms with Crippen LogP contribution in [0, 0.1) is 35.5 Å². The summed E-state index contributed by atoms with van der Waals surface area (Å²) in [7, 11) is 1.76. The molecule has 3 aliphatic rings. The second kappa shape index (κ2) is 7.88. The zero-order valence-corrected chi connectivity index (χ0v) is 20.1. The number of methoxy groups -OCH3 is 1. The minimum absolute atomic E-state index is 0.121. The first-order valence-corrected chi connectivity index (χ1v) is 11.8. The number of ether oxygens (including phenoxy) is 1. The van der Waals surface area contributed by atoms with E-state index in [0.717, 1.165) is 36.0 Å². The van der Waals surface area contributed by atoms with Gasteiger partial charge in [0.25, 0.3) is 5.91 Å². The van der Waals surface area contributed by atoms with Crippen LogP contribution in [-0.2, 0) is 28.0 Å². The highest BCUT2D eigenvalue weighted by atomic mass is 16.5. The lowest BCUT2D eigenvalue weighted by atomic mass is 9.56. The Hall–Kier alpha value is -3.31. The molecule has 8 nitrogen and oxygen atoms in total.